The van der Waals surface area contributed by atoms with Crippen molar-refractivity contribution in [2.45, 2.75) is 46.0 Å². The first kappa shape index (κ1) is 19.3. The second-order valence-electron chi connectivity index (χ2n) is 7.69. The van der Waals surface area contributed by atoms with Gasteiger partial charge < -0.3 is 9.80 Å². The normalized spacial score (nSPS) is 15.3. The fraction of sp³-hybridized carbons (Fsp3) is 0.524. The van der Waals surface area contributed by atoms with Crippen molar-refractivity contribution in [3.63, 3.8) is 0 Å². The fourth-order valence-electron chi connectivity index (χ4n) is 3.21. The van der Waals surface area contributed by atoms with Crippen molar-refractivity contribution in [3.8, 4) is 0 Å². The van der Waals surface area contributed by atoms with E-state index in [4.69, 9.17) is 9.97 Å². The van der Waals surface area contributed by atoms with Crippen LogP contribution in [-0.4, -0.2) is 51.9 Å². The Bertz CT molecular complexity index is 749. The van der Waals surface area contributed by atoms with Crippen LogP contribution in [0.4, 0.5) is 5.82 Å². The predicted octanol–water partition coefficient (Wildman–Crippen LogP) is 3.47. The third-order valence-corrected chi connectivity index (χ3v) is 4.89. The maximum absolute atomic E-state index is 12.7. The number of hydrogen-bond acceptors (Lipinski definition) is 5. The number of amides is 1. The third-order valence-electron chi connectivity index (χ3n) is 4.89. The zero-order chi connectivity index (χ0) is 19.4. The van der Waals surface area contributed by atoms with Crippen LogP contribution in [0.25, 0.3) is 0 Å². The van der Waals surface area contributed by atoms with Crippen LogP contribution in [0, 0.1) is 0 Å². The molecule has 1 saturated heterocycles. The van der Waals surface area contributed by atoms with E-state index >= 15 is 0 Å². The molecule has 6 nitrogen and oxygen atoms in total. The molecule has 0 aromatic carbocycles. The molecule has 0 unspecified atom stereocenters. The second-order valence-corrected chi connectivity index (χ2v) is 7.69. The van der Waals surface area contributed by atoms with Gasteiger partial charge in [0.25, 0.3) is 5.91 Å². The first-order valence-corrected chi connectivity index (χ1v) is 9.79. The van der Waals surface area contributed by atoms with Crippen LogP contribution in [0.3, 0.4) is 0 Å². The highest BCUT2D eigenvalue weighted by Gasteiger charge is 2.22. The van der Waals surface area contributed by atoms with Crippen molar-refractivity contribution in [3.05, 3.63) is 47.7 Å². The van der Waals surface area contributed by atoms with Gasteiger partial charge >= 0.3 is 0 Å². The molecule has 1 aliphatic rings. The zero-order valence-electron chi connectivity index (χ0n) is 16.7. The van der Waals surface area contributed by atoms with E-state index in [0.717, 1.165) is 43.4 Å². The number of aromatic nitrogens is 3. The van der Waals surface area contributed by atoms with E-state index in [9.17, 15) is 4.79 Å². The molecule has 1 fully saturated rings. The Balaban J connectivity index is 1.77. The van der Waals surface area contributed by atoms with Gasteiger partial charge in [-0.25, -0.2) is 9.97 Å². The molecule has 27 heavy (non-hydrogen) atoms. The monoisotopic (exact) mass is 367 g/mol. The highest BCUT2D eigenvalue weighted by atomic mass is 16.2. The lowest BCUT2D eigenvalue weighted by atomic mass is 10.1. The van der Waals surface area contributed by atoms with Gasteiger partial charge in [0.05, 0.1) is 0 Å². The molecule has 0 spiro atoms. The topological polar surface area (TPSA) is 62.2 Å². The van der Waals surface area contributed by atoms with Crippen LogP contribution in [-0.2, 0) is 0 Å². The van der Waals surface area contributed by atoms with Gasteiger partial charge in [-0.05, 0) is 24.5 Å². The summed E-state index contributed by atoms with van der Waals surface area (Å²) in [5, 5.41) is 0. The lowest BCUT2D eigenvalue weighted by Gasteiger charge is -2.24. The first-order chi connectivity index (χ1) is 13.0. The lowest BCUT2D eigenvalue weighted by Crippen LogP contribution is -2.35. The van der Waals surface area contributed by atoms with E-state index in [-0.39, 0.29) is 5.91 Å². The van der Waals surface area contributed by atoms with Gasteiger partial charge in [-0.1, -0.05) is 27.7 Å². The molecule has 0 aliphatic carbocycles. The van der Waals surface area contributed by atoms with Crippen LogP contribution in [0.5, 0.6) is 0 Å². The van der Waals surface area contributed by atoms with Gasteiger partial charge in [-0.2, -0.15) is 0 Å². The third kappa shape index (κ3) is 4.62. The summed E-state index contributed by atoms with van der Waals surface area (Å²) in [5.41, 5.74) is 1.78. The van der Waals surface area contributed by atoms with Crippen LogP contribution < -0.4 is 4.90 Å². The molecule has 6 heteroatoms. The standard InChI is InChI=1S/C21H29N5O/c1-15(2)18-14-19(24-20(23-18)16(3)4)25-10-5-11-26(13-12-25)21(27)17-6-8-22-9-7-17/h6-9,14-16H,5,10-13H2,1-4H3. The lowest BCUT2D eigenvalue weighted by molar-refractivity contribution is 0.0767. The van der Waals surface area contributed by atoms with E-state index < -0.39 is 0 Å². The number of hydrogen-bond donors (Lipinski definition) is 0. The van der Waals surface area contributed by atoms with Crippen molar-refractivity contribution in [1.82, 2.24) is 19.9 Å². The summed E-state index contributed by atoms with van der Waals surface area (Å²) in [5.74, 6) is 2.61. The minimum atomic E-state index is 0.0766. The molecule has 0 bridgehead atoms. The molecule has 144 valence electrons. The molecule has 3 heterocycles. The average Bonchev–Trinajstić information content (AvgIpc) is 2.94. The molecule has 2 aromatic rings. The highest BCUT2D eigenvalue weighted by Crippen LogP contribution is 2.23. The molecule has 0 N–H and O–H groups in total. The molecule has 0 atom stereocenters. The van der Waals surface area contributed by atoms with Crippen molar-refractivity contribution in [1.29, 1.82) is 0 Å². The number of carbonyl (C=O) groups is 1. The zero-order valence-corrected chi connectivity index (χ0v) is 16.7. The largest absolute Gasteiger partial charge is 0.355 e. The predicted molar refractivity (Wildman–Crippen MR) is 107 cm³/mol. The highest BCUT2D eigenvalue weighted by molar-refractivity contribution is 5.94. The van der Waals surface area contributed by atoms with E-state index in [1.54, 1.807) is 24.5 Å². The van der Waals surface area contributed by atoms with Gasteiger partial charge in [0, 0.05) is 61.8 Å². The quantitative estimate of drug-likeness (QED) is 0.828. The summed E-state index contributed by atoms with van der Waals surface area (Å²) in [4.78, 5) is 30.5. The number of pyridine rings is 1. The summed E-state index contributed by atoms with van der Waals surface area (Å²) in [6.45, 7) is 11.7. The van der Waals surface area contributed by atoms with Crippen LogP contribution in [0.15, 0.2) is 30.6 Å². The van der Waals surface area contributed by atoms with Gasteiger partial charge in [-0.15, -0.1) is 0 Å². The van der Waals surface area contributed by atoms with Crippen molar-refractivity contribution in [2.24, 2.45) is 0 Å². The molecule has 0 radical (unpaired) electrons. The Hall–Kier alpha value is -2.50. The Kier molecular flexibility index (Phi) is 6.04. The molecule has 3 rings (SSSR count). The molecule has 0 saturated carbocycles. The Labute approximate surface area is 161 Å². The summed E-state index contributed by atoms with van der Waals surface area (Å²) < 4.78 is 0. The smallest absolute Gasteiger partial charge is 0.254 e. The van der Waals surface area contributed by atoms with E-state index in [0.29, 0.717) is 23.9 Å². The van der Waals surface area contributed by atoms with Gasteiger partial charge in [0.2, 0.25) is 0 Å². The van der Waals surface area contributed by atoms with Crippen molar-refractivity contribution >= 4 is 11.7 Å². The molecule has 2 aromatic heterocycles. The Morgan fingerprint density at radius 1 is 0.963 bits per heavy atom. The second kappa shape index (κ2) is 8.46. The molecular formula is C21H29N5O. The van der Waals surface area contributed by atoms with Crippen molar-refractivity contribution < 1.29 is 4.79 Å². The van der Waals surface area contributed by atoms with Gasteiger partial charge in [-0.3, -0.25) is 9.78 Å². The van der Waals surface area contributed by atoms with Gasteiger partial charge in [0.15, 0.2) is 0 Å². The number of carbonyl (C=O) groups excluding carboxylic acids is 1. The number of rotatable bonds is 4. The summed E-state index contributed by atoms with van der Waals surface area (Å²) in [6.07, 6.45) is 4.26. The number of nitrogens with zero attached hydrogens (tertiary/aromatic N) is 5. The summed E-state index contributed by atoms with van der Waals surface area (Å²) in [6, 6.07) is 5.66. The van der Waals surface area contributed by atoms with E-state index in [2.05, 4.69) is 43.6 Å². The van der Waals surface area contributed by atoms with Crippen LogP contribution >= 0.6 is 0 Å². The SMILES string of the molecule is CC(C)c1cc(N2CCCN(C(=O)c3ccncc3)CC2)nc(C(C)C)n1. The Morgan fingerprint density at radius 2 is 1.70 bits per heavy atom. The Morgan fingerprint density at radius 3 is 2.37 bits per heavy atom. The van der Waals surface area contributed by atoms with Crippen LogP contribution in [0.1, 0.15) is 67.8 Å². The minimum Gasteiger partial charge on any atom is -0.355 e. The van der Waals surface area contributed by atoms with E-state index in [1.807, 2.05) is 4.90 Å². The fourth-order valence-corrected chi connectivity index (χ4v) is 3.21. The summed E-state index contributed by atoms with van der Waals surface area (Å²) >= 11 is 0. The van der Waals surface area contributed by atoms with Gasteiger partial charge in [0.1, 0.15) is 11.6 Å². The summed E-state index contributed by atoms with van der Waals surface area (Å²) in [7, 11) is 0. The number of anilines is 1. The first-order valence-electron chi connectivity index (χ1n) is 9.79. The average molecular weight is 367 g/mol. The van der Waals surface area contributed by atoms with Crippen molar-refractivity contribution in [2.75, 3.05) is 31.1 Å². The molecule has 1 aliphatic heterocycles. The molecule has 1 amide bonds. The van der Waals surface area contributed by atoms with Crippen LogP contribution in [0.2, 0.25) is 0 Å². The minimum absolute atomic E-state index is 0.0766. The van der Waals surface area contributed by atoms with E-state index in [1.165, 1.54) is 0 Å². The maximum atomic E-state index is 12.7. The molecular weight excluding hydrogens is 338 g/mol. The maximum Gasteiger partial charge on any atom is 0.254 e.